The second-order valence-corrected chi connectivity index (χ2v) is 9.98. The molecule has 1 atom stereocenters. The molecule has 1 heterocycles. The molecule has 1 aromatic heterocycles. The SMILES string of the molecule is CCOC(Cc1ccc(OCc2sc(-c3ccc(C(C)(C)C)cc3)nc2C)c(F)c1)C(=O)O. The predicted octanol–water partition coefficient (Wildman–Crippen LogP) is 6.17. The second kappa shape index (κ2) is 10.4. The molecule has 0 aliphatic carbocycles. The van der Waals surface area contributed by atoms with Gasteiger partial charge in [0.2, 0.25) is 0 Å². The lowest BCUT2D eigenvalue weighted by Crippen LogP contribution is -2.26. The monoisotopic (exact) mass is 471 g/mol. The Morgan fingerprint density at radius 3 is 2.45 bits per heavy atom. The van der Waals surface area contributed by atoms with Gasteiger partial charge in [0.15, 0.2) is 17.7 Å². The highest BCUT2D eigenvalue weighted by Crippen LogP contribution is 2.31. The van der Waals surface area contributed by atoms with Crippen molar-refractivity contribution in [2.75, 3.05) is 6.61 Å². The van der Waals surface area contributed by atoms with Gasteiger partial charge in [0.1, 0.15) is 11.6 Å². The zero-order valence-corrected chi connectivity index (χ0v) is 20.5. The largest absolute Gasteiger partial charge is 0.485 e. The van der Waals surface area contributed by atoms with E-state index in [1.807, 2.05) is 6.92 Å². The molecule has 2 aromatic carbocycles. The molecule has 3 rings (SSSR count). The van der Waals surface area contributed by atoms with Crippen LogP contribution in [0, 0.1) is 12.7 Å². The minimum atomic E-state index is -1.07. The van der Waals surface area contributed by atoms with Gasteiger partial charge in [0.05, 0.1) is 10.6 Å². The van der Waals surface area contributed by atoms with Crippen molar-refractivity contribution < 1.29 is 23.8 Å². The van der Waals surface area contributed by atoms with Gasteiger partial charge in [0, 0.05) is 18.6 Å². The minimum absolute atomic E-state index is 0.0890. The molecule has 0 saturated carbocycles. The maximum Gasteiger partial charge on any atom is 0.333 e. The van der Waals surface area contributed by atoms with Crippen molar-refractivity contribution in [2.24, 2.45) is 0 Å². The molecule has 176 valence electrons. The van der Waals surface area contributed by atoms with Gasteiger partial charge in [-0.2, -0.15) is 0 Å². The van der Waals surface area contributed by atoms with Crippen molar-refractivity contribution in [1.29, 1.82) is 0 Å². The van der Waals surface area contributed by atoms with E-state index in [0.29, 0.717) is 5.56 Å². The van der Waals surface area contributed by atoms with E-state index in [9.17, 15) is 14.3 Å². The Bertz CT molecular complexity index is 1100. The van der Waals surface area contributed by atoms with Crippen LogP contribution in [0.3, 0.4) is 0 Å². The number of carbonyl (C=O) groups is 1. The van der Waals surface area contributed by atoms with Crippen LogP contribution in [0.1, 0.15) is 49.4 Å². The summed E-state index contributed by atoms with van der Waals surface area (Å²) in [4.78, 5) is 16.8. The van der Waals surface area contributed by atoms with Crippen molar-refractivity contribution in [3.63, 3.8) is 0 Å². The van der Waals surface area contributed by atoms with Crippen LogP contribution in [0.5, 0.6) is 5.75 Å². The fourth-order valence-corrected chi connectivity index (χ4v) is 4.34. The number of hydrogen-bond donors (Lipinski definition) is 1. The first-order chi connectivity index (χ1) is 15.6. The molecular weight excluding hydrogens is 441 g/mol. The lowest BCUT2D eigenvalue weighted by molar-refractivity contribution is -0.149. The number of carboxylic acids is 1. The number of aromatic nitrogens is 1. The van der Waals surface area contributed by atoms with Gasteiger partial charge in [-0.3, -0.25) is 0 Å². The van der Waals surface area contributed by atoms with Crippen molar-refractivity contribution in [3.05, 3.63) is 70.0 Å². The third kappa shape index (κ3) is 6.39. The van der Waals surface area contributed by atoms with E-state index in [1.54, 1.807) is 13.0 Å². The Hall–Kier alpha value is -2.77. The highest BCUT2D eigenvalue weighted by molar-refractivity contribution is 7.15. The molecular formula is C26H30FNO4S. The number of carboxylic acid groups (broad SMARTS) is 1. The van der Waals surface area contributed by atoms with E-state index in [-0.39, 0.29) is 30.8 Å². The van der Waals surface area contributed by atoms with Crippen LogP contribution in [0.25, 0.3) is 10.6 Å². The highest BCUT2D eigenvalue weighted by Gasteiger charge is 2.19. The molecule has 0 radical (unpaired) electrons. The highest BCUT2D eigenvalue weighted by atomic mass is 32.1. The number of aryl methyl sites for hydroxylation is 1. The topological polar surface area (TPSA) is 68.7 Å². The number of hydrogen-bond acceptors (Lipinski definition) is 5. The Kier molecular flexibility index (Phi) is 7.87. The van der Waals surface area contributed by atoms with Crippen molar-refractivity contribution in [1.82, 2.24) is 4.98 Å². The Balaban J connectivity index is 1.68. The van der Waals surface area contributed by atoms with Gasteiger partial charge in [0.25, 0.3) is 0 Å². The summed E-state index contributed by atoms with van der Waals surface area (Å²) in [6, 6.07) is 12.9. The van der Waals surface area contributed by atoms with Crippen LogP contribution in [-0.2, 0) is 28.0 Å². The standard InChI is InChI=1S/C26H30FNO4S/c1-6-31-22(25(29)30)14-17-7-12-21(20(27)13-17)32-15-23-16(2)28-24(33-23)18-8-10-19(11-9-18)26(3,4)5/h7-13,22H,6,14-15H2,1-5H3,(H,29,30). The third-order valence-electron chi connectivity index (χ3n) is 5.31. The summed E-state index contributed by atoms with van der Waals surface area (Å²) < 4.78 is 25.5. The first-order valence-electron chi connectivity index (χ1n) is 10.9. The zero-order chi connectivity index (χ0) is 24.2. The molecule has 1 N–H and O–H groups in total. The number of nitrogens with zero attached hydrogens (tertiary/aromatic N) is 1. The quantitative estimate of drug-likeness (QED) is 0.404. The lowest BCUT2D eigenvalue weighted by atomic mass is 9.87. The Morgan fingerprint density at radius 1 is 1.18 bits per heavy atom. The number of ether oxygens (including phenoxy) is 2. The molecule has 0 aliphatic heterocycles. The number of rotatable bonds is 9. The average molecular weight is 472 g/mol. The molecule has 5 nitrogen and oxygen atoms in total. The number of thiazole rings is 1. The molecule has 0 bridgehead atoms. The minimum Gasteiger partial charge on any atom is -0.485 e. The van der Waals surface area contributed by atoms with Crippen molar-refractivity contribution in [2.45, 2.75) is 59.2 Å². The summed E-state index contributed by atoms with van der Waals surface area (Å²) in [5.41, 5.74) is 3.79. The number of aliphatic carboxylic acids is 1. The van der Waals surface area contributed by atoms with E-state index in [0.717, 1.165) is 21.1 Å². The molecule has 0 spiro atoms. The van der Waals surface area contributed by atoms with Gasteiger partial charge in [-0.05, 0) is 42.5 Å². The smallest absolute Gasteiger partial charge is 0.333 e. The maximum atomic E-state index is 14.6. The molecule has 0 saturated heterocycles. The normalized spacial score (nSPS) is 12.5. The Morgan fingerprint density at radius 2 is 1.88 bits per heavy atom. The van der Waals surface area contributed by atoms with E-state index >= 15 is 0 Å². The number of benzene rings is 2. The third-order valence-corrected chi connectivity index (χ3v) is 6.49. The van der Waals surface area contributed by atoms with Gasteiger partial charge in [-0.1, -0.05) is 51.1 Å². The summed E-state index contributed by atoms with van der Waals surface area (Å²) in [5.74, 6) is -1.48. The molecule has 3 aromatic rings. The summed E-state index contributed by atoms with van der Waals surface area (Å²) in [6.07, 6.45) is -0.914. The van der Waals surface area contributed by atoms with Crippen LogP contribution in [-0.4, -0.2) is 28.8 Å². The van der Waals surface area contributed by atoms with E-state index in [2.05, 4.69) is 50.0 Å². The molecule has 1 unspecified atom stereocenters. The zero-order valence-electron chi connectivity index (χ0n) is 19.6. The van der Waals surface area contributed by atoms with E-state index in [1.165, 1.54) is 29.0 Å². The van der Waals surface area contributed by atoms with Crippen molar-refractivity contribution >= 4 is 17.3 Å². The maximum absolute atomic E-state index is 14.6. The summed E-state index contributed by atoms with van der Waals surface area (Å²) in [7, 11) is 0. The van der Waals surface area contributed by atoms with Crippen LogP contribution >= 0.6 is 11.3 Å². The summed E-state index contributed by atoms with van der Waals surface area (Å²) in [5, 5.41) is 10.1. The van der Waals surface area contributed by atoms with Gasteiger partial charge in [-0.25, -0.2) is 14.2 Å². The van der Waals surface area contributed by atoms with E-state index in [4.69, 9.17) is 9.47 Å². The molecule has 0 fully saturated rings. The van der Waals surface area contributed by atoms with Gasteiger partial charge in [-0.15, -0.1) is 11.3 Å². The van der Waals surface area contributed by atoms with Crippen LogP contribution in [0.2, 0.25) is 0 Å². The first-order valence-corrected chi connectivity index (χ1v) is 11.7. The Labute approximate surface area is 198 Å². The lowest BCUT2D eigenvalue weighted by Gasteiger charge is -2.18. The van der Waals surface area contributed by atoms with Crippen LogP contribution < -0.4 is 4.74 Å². The number of halogens is 1. The summed E-state index contributed by atoms with van der Waals surface area (Å²) >= 11 is 1.53. The fraction of sp³-hybridized carbons (Fsp3) is 0.385. The summed E-state index contributed by atoms with van der Waals surface area (Å²) in [6.45, 7) is 10.7. The van der Waals surface area contributed by atoms with Crippen LogP contribution in [0.15, 0.2) is 42.5 Å². The predicted molar refractivity (Wildman–Crippen MR) is 128 cm³/mol. The molecule has 0 amide bonds. The molecule has 7 heteroatoms. The van der Waals surface area contributed by atoms with E-state index < -0.39 is 17.9 Å². The molecule has 33 heavy (non-hydrogen) atoms. The average Bonchev–Trinajstić information content (AvgIpc) is 3.13. The van der Waals surface area contributed by atoms with Gasteiger partial charge >= 0.3 is 5.97 Å². The first kappa shape index (κ1) is 24.9. The van der Waals surface area contributed by atoms with Gasteiger partial charge < -0.3 is 14.6 Å². The van der Waals surface area contributed by atoms with Crippen molar-refractivity contribution in [3.8, 4) is 16.3 Å². The molecule has 0 aliphatic rings. The fourth-order valence-electron chi connectivity index (χ4n) is 3.36. The van der Waals surface area contributed by atoms with Crippen LogP contribution in [0.4, 0.5) is 4.39 Å². The second-order valence-electron chi connectivity index (χ2n) is 8.89.